The maximum absolute atomic E-state index is 12.7. The lowest BCUT2D eigenvalue weighted by Gasteiger charge is -2.22. The highest BCUT2D eigenvalue weighted by Crippen LogP contribution is 2.22. The van der Waals surface area contributed by atoms with Gasteiger partial charge in [-0.15, -0.1) is 0 Å². The van der Waals surface area contributed by atoms with Gasteiger partial charge in [-0.3, -0.25) is 4.79 Å². The van der Waals surface area contributed by atoms with Crippen LogP contribution in [0.15, 0.2) is 41.1 Å². The van der Waals surface area contributed by atoms with Crippen molar-refractivity contribution in [2.45, 2.75) is 18.9 Å². The molecule has 0 aliphatic carbocycles. The van der Waals surface area contributed by atoms with Crippen molar-refractivity contribution >= 4 is 17.2 Å². The third-order valence-corrected chi connectivity index (χ3v) is 3.87. The van der Waals surface area contributed by atoms with Gasteiger partial charge in [0.05, 0.1) is 19.6 Å². The number of aliphatic hydroxyl groups is 1. The molecule has 0 bridgehead atoms. The molecule has 6 heteroatoms. The highest BCUT2D eigenvalue weighted by molar-refractivity contribution is 7.08. The van der Waals surface area contributed by atoms with Crippen LogP contribution in [0, 0.1) is 5.82 Å². The van der Waals surface area contributed by atoms with Crippen LogP contribution < -0.4 is 10.1 Å². The average Bonchev–Trinajstić information content (AvgIpc) is 3.02. The summed E-state index contributed by atoms with van der Waals surface area (Å²) >= 11 is 1.49. The Labute approximate surface area is 132 Å². The summed E-state index contributed by atoms with van der Waals surface area (Å²) in [5.74, 6) is -0.0298. The maximum Gasteiger partial charge on any atom is 0.223 e. The highest BCUT2D eigenvalue weighted by Gasteiger charge is 2.23. The highest BCUT2D eigenvalue weighted by atomic mass is 32.1. The Morgan fingerprint density at radius 3 is 2.73 bits per heavy atom. The van der Waals surface area contributed by atoms with Crippen molar-refractivity contribution in [2.24, 2.45) is 0 Å². The number of rotatable bonds is 7. The number of carbonyl (C=O) groups excluding carboxylic acids is 1. The first-order chi connectivity index (χ1) is 10.5. The van der Waals surface area contributed by atoms with Crippen LogP contribution >= 0.6 is 11.3 Å². The summed E-state index contributed by atoms with van der Waals surface area (Å²) in [4.78, 5) is 11.7. The molecule has 0 spiro atoms. The molecule has 1 atom stereocenters. The van der Waals surface area contributed by atoms with Crippen molar-refractivity contribution in [3.63, 3.8) is 0 Å². The Balaban J connectivity index is 1.71. The monoisotopic (exact) mass is 323 g/mol. The standard InChI is InChI=1S/C16H18FNO3S/c1-16(20,12-7-9-22-10-12)11-18-15(19)6-8-21-14-4-2-13(17)3-5-14/h2-5,7,9-10,20H,6,8,11H2,1H3,(H,18,19). The number of nitrogens with one attached hydrogen (secondary N) is 1. The molecule has 22 heavy (non-hydrogen) atoms. The quantitative estimate of drug-likeness (QED) is 0.823. The first-order valence-electron chi connectivity index (χ1n) is 6.87. The maximum atomic E-state index is 12.7. The summed E-state index contributed by atoms with van der Waals surface area (Å²) in [7, 11) is 0. The molecule has 1 unspecified atom stereocenters. The molecule has 118 valence electrons. The van der Waals surface area contributed by atoms with Crippen molar-refractivity contribution in [1.29, 1.82) is 0 Å². The molecule has 0 radical (unpaired) electrons. The Kier molecular flexibility index (Phi) is 5.51. The lowest BCUT2D eigenvalue weighted by molar-refractivity contribution is -0.122. The van der Waals surface area contributed by atoms with E-state index in [0.717, 1.165) is 5.56 Å². The van der Waals surface area contributed by atoms with Gasteiger partial charge >= 0.3 is 0 Å². The number of thiophene rings is 1. The summed E-state index contributed by atoms with van der Waals surface area (Å²) < 4.78 is 18.1. The fourth-order valence-corrected chi connectivity index (χ4v) is 2.61. The van der Waals surface area contributed by atoms with Crippen LogP contribution in [-0.4, -0.2) is 24.2 Å². The van der Waals surface area contributed by atoms with Crippen LogP contribution in [0.3, 0.4) is 0 Å². The summed E-state index contributed by atoms with van der Waals surface area (Å²) in [6, 6.07) is 7.44. The van der Waals surface area contributed by atoms with Gasteiger partial charge in [0.25, 0.3) is 0 Å². The van der Waals surface area contributed by atoms with E-state index in [-0.39, 0.29) is 31.3 Å². The largest absolute Gasteiger partial charge is 0.493 e. The van der Waals surface area contributed by atoms with E-state index in [9.17, 15) is 14.3 Å². The van der Waals surface area contributed by atoms with Gasteiger partial charge in [-0.2, -0.15) is 11.3 Å². The number of benzene rings is 1. The van der Waals surface area contributed by atoms with Crippen molar-refractivity contribution in [3.05, 3.63) is 52.5 Å². The molecular weight excluding hydrogens is 305 g/mol. The fourth-order valence-electron chi connectivity index (χ4n) is 1.82. The van der Waals surface area contributed by atoms with E-state index in [1.54, 1.807) is 6.92 Å². The molecule has 4 nitrogen and oxygen atoms in total. The molecule has 0 saturated heterocycles. The van der Waals surface area contributed by atoms with Gasteiger partial charge in [-0.1, -0.05) is 0 Å². The van der Waals surface area contributed by atoms with E-state index < -0.39 is 5.60 Å². The van der Waals surface area contributed by atoms with Gasteiger partial charge in [-0.05, 0) is 53.6 Å². The smallest absolute Gasteiger partial charge is 0.223 e. The third-order valence-electron chi connectivity index (χ3n) is 3.18. The molecule has 2 rings (SSSR count). The average molecular weight is 323 g/mol. The van der Waals surface area contributed by atoms with E-state index in [1.165, 1.54) is 35.6 Å². The van der Waals surface area contributed by atoms with Crippen LogP contribution in [0.5, 0.6) is 5.75 Å². The molecule has 1 aromatic carbocycles. The zero-order chi connectivity index (χ0) is 16.0. The molecule has 2 aromatic rings. The molecule has 0 aliphatic rings. The number of ether oxygens (including phenoxy) is 1. The third kappa shape index (κ3) is 4.82. The first-order valence-corrected chi connectivity index (χ1v) is 7.82. The minimum atomic E-state index is -1.09. The summed E-state index contributed by atoms with van der Waals surface area (Å²) in [5, 5.41) is 16.7. The number of hydrogen-bond donors (Lipinski definition) is 2. The number of amides is 1. The van der Waals surface area contributed by atoms with E-state index >= 15 is 0 Å². The number of halogens is 1. The minimum absolute atomic E-state index is 0.138. The van der Waals surface area contributed by atoms with Crippen LogP contribution in [0.2, 0.25) is 0 Å². The van der Waals surface area contributed by atoms with Gasteiger partial charge in [0.2, 0.25) is 5.91 Å². The van der Waals surface area contributed by atoms with Crippen LogP contribution in [-0.2, 0) is 10.4 Å². The molecule has 0 aliphatic heterocycles. The van der Waals surface area contributed by atoms with Gasteiger partial charge in [0, 0.05) is 0 Å². The predicted octanol–water partition coefficient (Wildman–Crippen LogP) is 2.68. The zero-order valence-corrected chi connectivity index (χ0v) is 13.0. The molecule has 0 fully saturated rings. The number of carbonyl (C=O) groups is 1. The van der Waals surface area contributed by atoms with Crippen LogP contribution in [0.1, 0.15) is 18.9 Å². The van der Waals surface area contributed by atoms with Gasteiger partial charge in [-0.25, -0.2) is 4.39 Å². The van der Waals surface area contributed by atoms with Crippen molar-refractivity contribution in [1.82, 2.24) is 5.32 Å². The Morgan fingerprint density at radius 1 is 1.36 bits per heavy atom. The second-order valence-corrected chi connectivity index (χ2v) is 5.90. The first kappa shape index (κ1) is 16.5. The second kappa shape index (κ2) is 7.38. The van der Waals surface area contributed by atoms with E-state index in [2.05, 4.69) is 5.32 Å². The number of hydrogen-bond acceptors (Lipinski definition) is 4. The SMILES string of the molecule is CC(O)(CNC(=O)CCOc1ccc(F)cc1)c1ccsc1. The minimum Gasteiger partial charge on any atom is -0.493 e. The topological polar surface area (TPSA) is 58.6 Å². The second-order valence-electron chi connectivity index (χ2n) is 5.11. The Hall–Kier alpha value is -1.92. The molecule has 1 amide bonds. The lowest BCUT2D eigenvalue weighted by atomic mass is 9.99. The normalized spacial score (nSPS) is 13.4. The van der Waals surface area contributed by atoms with E-state index in [4.69, 9.17) is 4.74 Å². The van der Waals surface area contributed by atoms with Gasteiger partial charge in [0.1, 0.15) is 17.2 Å². The molecule has 1 aromatic heterocycles. The Bertz CT molecular complexity index is 596. The molecule has 0 saturated carbocycles. The van der Waals surface area contributed by atoms with E-state index in [1.807, 2.05) is 16.8 Å². The van der Waals surface area contributed by atoms with Crippen molar-refractivity contribution in [2.75, 3.05) is 13.2 Å². The van der Waals surface area contributed by atoms with E-state index in [0.29, 0.717) is 5.75 Å². The van der Waals surface area contributed by atoms with Crippen LogP contribution in [0.4, 0.5) is 4.39 Å². The zero-order valence-electron chi connectivity index (χ0n) is 12.2. The van der Waals surface area contributed by atoms with Crippen molar-refractivity contribution in [3.8, 4) is 5.75 Å². The molecule has 2 N–H and O–H groups in total. The van der Waals surface area contributed by atoms with Crippen molar-refractivity contribution < 1.29 is 19.0 Å². The summed E-state index contributed by atoms with van der Waals surface area (Å²) in [6.45, 7) is 1.99. The van der Waals surface area contributed by atoms with Crippen LogP contribution in [0.25, 0.3) is 0 Å². The fraction of sp³-hybridized carbons (Fsp3) is 0.312. The van der Waals surface area contributed by atoms with Gasteiger partial charge < -0.3 is 15.2 Å². The van der Waals surface area contributed by atoms with Gasteiger partial charge in [0.15, 0.2) is 0 Å². The summed E-state index contributed by atoms with van der Waals surface area (Å²) in [5.41, 5.74) is -0.312. The lowest BCUT2D eigenvalue weighted by Crippen LogP contribution is -2.38. The molecular formula is C16H18FNO3S. The summed E-state index contributed by atoms with van der Waals surface area (Å²) in [6.07, 6.45) is 0.164. The predicted molar refractivity (Wildman–Crippen MR) is 83.4 cm³/mol. The Morgan fingerprint density at radius 2 is 2.09 bits per heavy atom. The molecule has 1 heterocycles.